The minimum Gasteiger partial charge on any atom is -0.488 e. The quantitative estimate of drug-likeness (QED) is 0.665. The zero-order chi connectivity index (χ0) is 16.8. The molecule has 0 N–H and O–H groups in total. The van der Waals surface area contributed by atoms with Crippen molar-refractivity contribution in [1.29, 1.82) is 0 Å². The molecule has 1 saturated heterocycles. The van der Waals surface area contributed by atoms with Gasteiger partial charge in [-0.05, 0) is 54.2 Å². The van der Waals surface area contributed by atoms with E-state index in [2.05, 4.69) is 31.2 Å². The van der Waals surface area contributed by atoms with Crippen LogP contribution in [0.3, 0.4) is 0 Å². The van der Waals surface area contributed by atoms with Crippen molar-refractivity contribution in [1.82, 2.24) is 0 Å². The number of hydrogen-bond acceptors (Lipinski definition) is 2. The molecule has 2 nitrogen and oxygen atoms in total. The summed E-state index contributed by atoms with van der Waals surface area (Å²) in [5.74, 6) is 0.914. The number of ether oxygens (including phenoxy) is 2. The number of unbranched alkanes of at least 4 members (excludes halogenated alkanes) is 1. The van der Waals surface area contributed by atoms with E-state index in [0.29, 0.717) is 6.61 Å². The zero-order valence-corrected chi connectivity index (χ0v) is 15.0. The maximum absolute atomic E-state index is 6.39. The number of aryl methyl sites for hydroxylation is 1. The molecular weight excluding hydrogens is 320 g/mol. The lowest BCUT2D eigenvalue weighted by atomic mass is 10.0. The molecule has 2 aromatic rings. The van der Waals surface area contributed by atoms with Crippen LogP contribution in [0.25, 0.3) is 0 Å². The van der Waals surface area contributed by atoms with Crippen LogP contribution >= 0.6 is 11.6 Å². The lowest BCUT2D eigenvalue weighted by Crippen LogP contribution is -2.15. The average Bonchev–Trinajstić information content (AvgIpc) is 3.10. The fourth-order valence-corrected chi connectivity index (χ4v) is 3.19. The molecule has 0 bridgehead atoms. The topological polar surface area (TPSA) is 18.5 Å². The summed E-state index contributed by atoms with van der Waals surface area (Å²) in [4.78, 5) is 0. The van der Waals surface area contributed by atoms with Gasteiger partial charge in [-0.3, -0.25) is 0 Å². The molecule has 0 saturated carbocycles. The molecule has 1 aliphatic heterocycles. The fraction of sp³-hybridized carbons (Fsp3) is 0.429. The number of hydrogen-bond donors (Lipinski definition) is 0. The molecule has 0 aromatic heterocycles. The SMILES string of the molecule is CCCCc1ccc(Cl)c(Cc2ccc(O[C@H]3CCOC3)cc2)c1. The molecule has 0 radical (unpaired) electrons. The Morgan fingerprint density at radius 3 is 2.62 bits per heavy atom. The van der Waals surface area contributed by atoms with Gasteiger partial charge in [0.2, 0.25) is 0 Å². The first-order chi connectivity index (χ1) is 11.7. The van der Waals surface area contributed by atoms with Gasteiger partial charge in [0, 0.05) is 11.4 Å². The van der Waals surface area contributed by atoms with Crippen LogP contribution < -0.4 is 4.74 Å². The highest BCUT2D eigenvalue weighted by Crippen LogP contribution is 2.24. The Labute approximate surface area is 149 Å². The van der Waals surface area contributed by atoms with Gasteiger partial charge in [-0.2, -0.15) is 0 Å². The first-order valence-corrected chi connectivity index (χ1v) is 9.23. The second kappa shape index (κ2) is 8.55. The molecule has 24 heavy (non-hydrogen) atoms. The highest BCUT2D eigenvalue weighted by Gasteiger charge is 2.16. The molecule has 0 spiro atoms. The predicted molar refractivity (Wildman–Crippen MR) is 99.2 cm³/mol. The minimum atomic E-state index is 0.195. The largest absolute Gasteiger partial charge is 0.488 e. The summed E-state index contributed by atoms with van der Waals surface area (Å²) < 4.78 is 11.3. The van der Waals surface area contributed by atoms with Crippen molar-refractivity contribution in [2.24, 2.45) is 0 Å². The molecule has 0 unspecified atom stereocenters. The Morgan fingerprint density at radius 2 is 1.92 bits per heavy atom. The van der Waals surface area contributed by atoms with E-state index in [4.69, 9.17) is 21.1 Å². The standard InChI is InChI=1S/C21H25ClO2/c1-2-3-4-16-7-10-21(22)18(13-16)14-17-5-8-19(9-6-17)24-20-11-12-23-15-20/h5-10,13,20H,2-4,11-12,14-15H2,1H3/t20-/m0/s1. The van der Waals surface area contributed by atoms with E-state index in [-0.39, 0.29) is 6.10 Å². The molecule has 1 heterocycles. The molecule has 128 valence electrons. The van der Waals surface area contributed by atoms with Gasteiger partial charge in [-0.15, -0.1) is 0 Å². The van der Waals surface area contributed by atoms with E-state index in [0.717, 1.165) is 36.6 Å². The lowest BCUT2D eigenvalue weighted by Gasteiger charge is -2.12. The molecule has 3 heteroatoms. The number of benzene rings is 2. The van der Waals surface area contributed by atoms with Crippen LogP contribution in [0.2, 0.25) is 5.02 Å². The van der Waals surface area contributed by atoms with Crippen molar-refractivity contribution in [3.05, 3.63) is 64.2 Å². The maximum Gasteiger partial charge on any atom is 0.124 e. The molecule has 1 fully saturated rings. The van der Waals surface area contributed by atoms with Crippen LogP contribution in [-0.2, 0) is 17.6 Å². The zero-order valence-electron chi connectivity index (χ0n) is 14.3. The van der Waals surface area contributed by atoms with E-state index in [1.54, 1.807) is 0 Å². The van der Waals surface area contributed by atoms with Crippen molar-refractivity contribution >= 4 is 11.6 Å². The fourth-order valence-electron chi connectivity index (χ4n) is 3.00. The molecule has 1 aliphatic rings. The van der Waals surface area contributed by atoms with Crippen LogP contribution in [0.15, 0.2) is 42.5 Å². The Hall–Kier alpha value is -1.51. The summed E-state index contributed by atoms with van der Waals surface area (Å²) in [5.41, 5.74) is 3.82. The number of rotatable bonds is 7. The van der Waals surface area contributed by atoms with E-state index in [1.807, 2.05) is 18.2 Å². The third kappa shape index (κ3) is 4.75. The highest BCUT2D eigenvalue weighted by molar-refractivity contribution is 6.31. The minimum absolute atomic E-state index is 0.195. The van der Waals surface area contributed by atoms with Gasteiger partial charge < -0.3 is 9.47 Å². The normalized spacial score (nSPS) is 17.2. The second-order valence-electron chi connectivity index (χ2n) is 6.45. The molecule has 0 amide bonds. The smallest absolute Gasteiger partial charge is 0.124 e. The lowest BCUT2D eigenvalue weighted by molar-refractivity contribution is 0.141. The maximum atomic E-state index is 6.39. The van der Waals surface area contributed by atoms with Gasteiger partial charge in [0.15, 0.2) is 0 Å². The second-order valence-corrected chi connectivity index (χ2v) is 6.86. The highest BCUT2D eigenvalue weighted by atomic mass is 35.5. The van der Waals surface area contributed by atoms with Crippen LogP contribution in [-0.4, -0.2) is 19.3 Å². The summed E-state index contributed by atoms with van der Waals surface area (Å²) in [5, 5.41) is 0.846. The van der Waals surface area contributed by atoms with Crippen molar-refractivity contribution in [3.8, 4) is 5.75 Å². The van der Waals surface area contributed by atoms with Crippen molar-refractivity contribution in [2.75, 3.05) is 13.2 Å². The Morgan fingerprint density at radius 1 is 1.12 bits per heavy atom. The van der Waals surface area contributed by atoms with Gasteiger partial charge >= 0.3 is 0 Å². The van der Waals surface area contributed by atoms with Crippen molar-refractivity contribution in [2.45, 2.75) is 45.1 Å². The van der Waals surface area contributed by atoms with Gasteiger partial charge in [0.25, 0.3) is 0 Å². The van der Waals surface area contributed by atoms with Crippen LogP contribution in [0.4, 0.5) is 0 Å². The third-order valence-corrected chi connectivity index (χ3v) is 4.81. The van der Waals surface area contributed by atoms with Gasteiger partial charge in [-0.1, -0.05) is 49.2 Å². The van der Waals surface area contributed by atoms with E-state index in [9.17, 15) is 0 Å². The first kappa shape index (κ1) is 17.3. The van der Waals surface area contributed by atoms with E-state index < -0.39 is 0 Å². The Bertz CT molecular complexity index is 645. The monoisotopic (exact) mass is 344 g/mol. The molecule has 1 atom stereocenters. The molecule has 0 aliphatic carbocycles. The molecule has 3 rings (SSSR count). The van der Waals surface area contributed by atoms with Crippen molar-refractivity contribution < 1.29 is 9.47 Å². The average molecular weight is 345 g/mol. The van der Waals surface area contributed by atoms with E-state index in [1.165, 1.54) is 29.5 Å². The first-order valence-electron chi connectivity index (χ1n) is 8.85. The van der Waals surface area contributed by atoms with Crippen LogP contribution in [0.5, 0.6) is 5.75 Å². The summed E-state index contributed by atoms with van der Waals surface area (Å²) in [6.45, 7) is 3.72. The summed E-state index contributed by atoms with van der Waals surface area (Å²) in [6.07, 6.45) is 5.58. The Balaban J connectivity index is 1.64. The predicted octanol–water partition coefficient (Wildman–Crippen LogP) is 5.44. The number of halogens is 1. The van der Waals surface area contributed by atoms with Gasteiger partial charge in [0.05, 0.1) is 13.2 Å². The Kier molecular flexibility index (Phi) is 6.17. The van der Waals surface area contributed by atoms with Crippen LogP contribution in [0.1, 0.15) is 42.9 Å². The van der Waals surface area contributed by atoms with E-state index >= 15 is 0 Å². The van der Waals surface area contributed by atoms with Crippen LogP contribution in [0, 0.1) is 0 Å². The molecular formula is C21H25ClO2. The summed E-state index contributed by atoms with van der Waals surface area (Å²) >= 11 is 6.39. The van der Waals surface area contributed by atoms with Gasteiger partial charge in [0.1, 0.15) is 11.9 Å². The third-order valence-electron chi connectivity index (χ3n) is 4.44. The van der Waals surface area contributed by atoms with Crippen molar-refractivity contribution in [3.63, 3.8) is 0 Å². The summed E-state index contributed by atoms with van der Waals surface area (Å²) in [6, 6.07) is 14.8. The van der Waals surface area contributed by atoms with Gasteiger partial charge in [-0.25, -0.2) is 0 Å². The molecule has 2 aromatic carbocycles. The summed E-state index contributed by atoms with van der Waals surface area (Å²) in [7, 11) is 0.